The maximum Gasteiger partial charge on any atom is 0.353 e. The van der Waals surface area contributed by atoms with Crippen LogP contribution >= 0.6 is 0 Å². The number of hydrogen-bond acceptors (Lipinski definition) is 10. The van der Waals surface area contributed by atoms with Gasteiger partial charge in [0.1, 0.15) is 11.5 Å². The van der Waals surface area contributed by atoms with Gasteiger partial charge in [-0.3, -0.25) is 20.1 Å². The SMILES string of the molecule is CCCCCCCCCCOc1ccc(C=Nc2ccc(C(=O)Oc3cccc(OC(=O)c4ccc(N=Cc5ccc(OCCCCCCCCCC)cc5)cc4)c3[N+](=O)[O-])cc2)cc1. The van der Waals surface area contributed by atoms with Crippen molar-refractivity contribution in [2.45, 2.75) is 117 Å². The van der Waals surface area contributed by atoms with E-state index in [1.54, 1.807) is 36.7 Å². The summed E-state index contributed by atoms with van der Waals surface area (Å²) in [5, 5.41) is 12.2. The second-order valence-electron chi connectivity index (χ2n) is 16.0. The van der Waals surface area contributed by atoms with Gasteiger partial charge in [-0.25, -0.2) is 9.59 Å². The van der Waals surface area contributed by atoms with Crippen molar-refractivity contribution in [1.29, 1.82) is 0 Å². The molecule has 65 heavy (non-hydrogen) atoms. The number of nitrogens with zero attached hydrogens (tertiary/aromatic N) is 3. The minimum absolute atomic E-state index is 0.150. The molecule has 0 aliphatic heterocycles. The molecule has 5 aromatic rings. The number of para-hydroxylation sites is 1. The van der Waals surface area contributed by atoms with Crippen LogP contribution in [0.15, 0.2) is 125 Å². The molecule has 0 amide bonds. The van der Waals surface area contributed by atoms with Crippen LogP contribution in [0.3, 0.4) is 0 Å². The van der Waals surface area contributed by atoms with Gasteiger partial charge in [0.15, 0.2) is 0 Å². The van der Waals surface area contributed by atoms with Crippen molar-refractivity contribution in [3.05, 3.63) is 148 Å². The van der Waals surface area contributed by atoms with Gasteiger partial charge in [0.05, 0.1) is 40.6 Å². The molecule has 0 spiro atoms. The van der Waals surface area contributed by atoms with Crippen LogP contribution in [0.5, 0.6) is 23.0 Å². The molecule has 0 aromatic heterocycles. The van der Waals surface area contributed by atoms with Gasteiger partial charge in [-0.05, 0) is 133 Å². The van der Waals surface area contributed by atoms with E-state index in [2.05, 4.69) is 23.8 Å². The van der Waals surface area contributed by atoms with Crippen LogP contribution in [0.2, 0.25) is 0 Å². The summed E-state index contributed by atoms with van der Waals surface area (Å²) in [4.78, 5) is 46.6. The summed E-state index contributed by atoms with van der Waals surface area (Å²) in [6.45, 7) is 5.87. The molecular formula is C54H63N3O8. The third kappa shape index (κ3) is 17.8. The highest BCUT2D eigenvalue weighted by molar-refractivity contribution is 5.94. The van der Waals surface area contributed by atoms with Crippen molar-refractivity contribution < 1.29 is 33.5 Å². The number of nitro benzene ring substituents is 1. The molecule has 0 saturated carbocycles. The number of unbranched alkanes of at least 4 members (excludes halogenated alkanes) is 14. The summed E-state index contributed by atoms with van der Waals surface area (Å²) in [5.41, 5.74) is 2.59. The Hall–Kier alpha value is -6.62. The normalized spacial score (nSPS) is 11.2. The molecule has 0 radical (unpaired) electrons. The van der Waals surface area contributed by atoms with E-state index in [4.69, 9.17) is 18.9 Å². The van der Waals surface area contributed by atoms with Gasteiger partial charge in [-0.1, -0.05) is 110 Å². The molecule has 5 aromatic carbocycles. The van der Waals surface area contributed by atoms with E-state index in [1.807, 2.05) is 48.5 Å². The van der Waals surface area contributed by atoms with Crippen LogP contribution in [0.25, 0.3) is 0 Å². The first-order chi connectivity index (χ1) is 31.8. The number of rotatable bonds is 29. The number of benzene rings is 5. The topological polar surface area (TPSA) is 139 Å². The molecule has 5 rings (SSSR count). The van der Waals surface area contributed by atoms with Crippen molar-refractivity contribution in [1.82, 2.24) is 0 Å². The second-order valence-corrected chi connectivity index (χ2v) is 16.0. The number of ether oxygens (including phenoxy) is 4. The Balaban J connectivity index is 1.07. The molecule has 0 atom stereocenters. The third-order valence-electron chi connectivity index (χ3n) is 10.8. The fraction of sp³-hybridized carbons (Fsp3) is 0.370. The van der Waals surface area contributed by atoms with E-state index in [9.17, 15) is 19.7 Å². The molecule has 11 nitrogen and oxygen atoms in total. The summed E-state index contributed by atoms with van der Waals surface area (Å²) in [7, 11) is 0. The Bertz CT molecular complexity index is 2100. The first kappa shape index (κ1) is 49.4. The number of aliphatic imine (C=N–C) groups is 2. The highest BCUT2D eigenvalue weighted by Crippen LogP contribution is 2.37. The van der Waals surface area contributed by atoms with Crippen LogP contribution in [-0.4, -0.2) is 42.5 Å². The zero-order valence-electron chi connectivity index (χ0n) is 38.0. The number of carbonyl (C=O) groups is 2. The van der Waals surface area contributed by atoms with Crippen LogP contribution in [0.4, 0.5) is 17.1 Å². The molecule has 0 bridgehead atoms. The van der Waals surface area contributed by atoms with E-state index >= 15 is 0 Å². The van der Waals surface area contributed by atoms with E-state index in [0.29, 0.717) is 24.6 Å². The van der Waals surface area contributed by atoms with Gasteiger partial charge in [-0.15, -0.1) is 0 Å². The summed E-state index contributed by atoms with van der Waals surface area (Å²) in [6, 6.07) is 32.0. The van der Waals surface area contributed by atoms with E-state index in [0.717, 1.165) is 35.5 Å². The van der Waals surface area contributed by atoms with Gasteiger partial charge >= 0.3 is 17.6 Å². The summed E-state index contributed by atoms with van der Waals surface area (Å²) >= 11 is 0. The Kier molecular flexibility index (Phi) is 21.5. The lowest BCUT2D eigenvalue weighted by Gasteiger charge is -2.09. The lowest BCUT2D eigenvalue weighted by molar-refractivity contribution is -0.386. The summed E-state index contributed by atoms with van der Waals surface area (Å²) < 4.78 is 22.7. The number of carbonyl (C=O) groups excluding carboxylic acids is 2. The largest absolute Gasteiger partial charge is 0.494 e. The predicted octanol–water partition coefficient (Wildman–Crippen LogP) is 14.6. The zero-order chi connectivity index (χ0) is 45.9. The molecule has 0 unspecified atom stereocenters. The fourth-order valence-electron chi connectivity index (χ4n) is 6.98. The smallest absolute Gasteiger partial charge is 0.353 e. The maximum absolute atomic E-state index is 13.1. The monoisotopic (exact) mass is 881 g/mol. The summed E-state index contributed by atoms with van der Waals surface area (Å²) in [6.07, 6.45) is 23.5. The first-order valence-electron chi connectivity index (χ1n) is 23.3. The Morgan fingerprint density at radius 3 is 1.20 bits per heavy atom. The van der Waals surface area contributed by atoms with E-state index in [-0.39, 0.29) is 22.6 Å². The fourth-order valence-corrected chi connectivity index (χ4v) is 6.98. The number of esters is 2. The highest BCUT2D eigenvalue weighted by atomic mass is 16.6. The molecule has 11 heteroatoms. The first-order valence-corrected chi connectivity index (χ1v) is 23.3. The molecule has 342 valence electrons. The third-order valence-corrected chi connectivity index (χ3v) is 10.8. The Morgan fingerprint density at radius 2 is 0.846 bits per heavy atom. The van der Waals surface area contributed by atoms with Crippen molar-refractivity contribution in [3.63, 3.8) is 0 Å². The maximum atomic E-state index is 13.1. The highest BCUT2D eigenvalue weighted by Gasteiger charge is 2.27. The molecule has 0 heterocycles. The summed E-state index contributed by atoms with van der Waals surface area (Å²) in [5.74, 6) is -0.766. The quantitative estimate of drug-likeness (QED) is 0.0115. The van der Waals surface area contributed by atoms with Crippen LogP contribution in [-0.2, 0) is 0 Å². The van der Waals surface area contributed by atoms with Crippen LogP contribution in [0.1, 0.15) is 148 Å². The van der Waals surface area contributed by atoms with Crippen molar-refractivity contribution >= 4 is 41.4 Å². The van der Waals surface area contributed by atoms with E-state index < -0.39 is 22.5 Å². The second kappa shape index (κ2) is 28.2. The molecule has 0 N–H and O–H groups in total. The van der Waals surface area contributed by atoms with Gasteiger partial charge in [0.25, 0.3) is 0 Å². The van der Waals surface area contributed by atoms with Crippen molar-refractivity contribution in [2.24, 2.45) is 9.98 Å². The molecule has 0 aliphatic carbocycles. The molecule has 0 saturated heterocycles. The Morgan fingerprint density at radius 1 is 0.492 bits per heavy atom. The van der Waals surface area contributed by atoms with Gasteiger partial charge in [-0.2, -0.15) is 0 Å². The lowest BCUT2D eigenvalue weighted by atomic mass is 10.1. The van der Waals surface area contributed by atoms with Crippen LogP contribution < -0.4 is 18.9 Å². The predicted molar refractivity (Wildman–Crippen MR) is 259 cm³/mol. The zero-order valence-corrected chi connectivity index (χ0v) is 38.0. The van der Waals surface area contributed by atoms with Crippen LogP contribution in [0, 0.1) is 10.1 Å². The Labute approximate surface area is 384 Å². The minimum atomic E-state index is -0.829. The molecule has 0 aliphatic rings. The van der Waals surface area contributed by atoms with E-state index in [1.165, 1.54) is 132 Å². The molecule has 0 fully saturated rings. The molecular weight excluding hydrogens is 819 g/mol. The van der Waals surface area contributed by atoms with Crippen molar-refractivity contribution in [3.8, 4) is 23.0 Å². The standard InChI is InChI=1S/C54H63N3O8/c1-3-5-7-9-11-13-15-17-38-62-48-34-22-42(23-35-48)40-55-46-30-26-44(27-31-46)53(58)64-50-20-19-21-51(52(50)57(60)61)65-54(59)45-28-32-47(33-29-45)56-41-43-24-36-49(37-25-43)63-39-18-16-14-12-10-8-6-4-2/h19-37,40-41H,3-18,38-39H2,1-2H3. The average Bonchev–Trinajstić information content (AvgIpc) is 3.32. The van der Waals surface area contributed by atoms with Crippen molar-refractivity contribution in [2.75, 3.05) is 13.2 Å². The van der Waals surface area contributed by atoms with Gasteiger partial charge in [0.2, 0.25) is 11.5 Å². The number of nitro groups is 1. The number of hydrogen-bond donors (Lipinski definition) is 0. The average molecular weight is 882 g/mol. The minimum Gasteiger partial charge on any atom is -0.494 e. The van der Waals surface area contributed by atoms with Gasteiger partial charge in [0, 0.05) is 12.4 Å². The van der Waals surface area contributed by atoms with Gasteiger partial charge < -0.3 is 18.9 Å². The lowest BCUT2D eigenvalue weighted by Crippen LogP contribution is -2.12.